The lowest BCUT2D eigenvalue weighted by Gasteiger charge is -2.16. The second-order valence-electron chi connectivity index (χ2n) is 3.28. The van der Waals surface area contributed by atoms with Gasteiger partial charge in [0.15, 0.2) is 5.82 Å². The summed E-state index contributed by atoms with van der Waals surface area (Å²) >= 11 is 0. The Hall–Kier alpha value is -1.60. The molecule has 0 aliphatic carbocycles. The minimum atomic E-state index is 0.429. The third kappa shape index (κ3) is 3.22. The molecule has 0 aromatic carbocycles. The first-order valence-electron chi connectivity index (χ1n) is 5.25. The quantitative estimate of drug-likeness (QED) is 0.747. The number of rotatable bonds is 5. The topological polar surface area (TPSA) is 37.8 Å². The fraction of sp³-hybridized carbons (Fsp3) is 0.417. The summed E-state index contributed by atoms with van der Waals surface area (Å²) in [4.78, 5) is 8.32. The van der Waals surface area contributed by atoms with Crippen molar-refractivity contribution in [3.63, 3.8) is 0 Å². The Morgan fingerprint density at radius 2 is 2.00 bits per heavy atom. The highest BCUT2D eigenvalue weighted by molar-refractivity contribution is 5.56. The van der Waals surface area contributed by atoms with E-state index in [-0.39, 0.29) is 0 Å². The Balaban J connectivity index is 2.79. The van der Waals surface area contributed by atoms with Gasteiger partial charge in [-0.1, -0.05) is 26.2 Å². The van der Waals surface area contributed by atoms with Gasteiger partial charge < -0.3 is 5.32 Å². The average Bonchev–Trinajstić information content (AvgIpc) is 2.32. The van der Waals surface area contributed by atoms with Crippen LogP contribution in [-0.4, -0.2) is 16.0 Å². The van der Waals surface area contributed by atoms with E-state index in [1.165, 1.54) is 0 Å². The van der Waals surface area contributed by atoms with Crippen LogP contribution in [0.25, 0.3) is 5.70 Å². The summed E-state index contributed by atoms with van der Waals surface area (Å²) < 4.78 is 0. The molecule has 0 aliphatic heterocycles. The Labute approximate surface area is 91.0 Å². The summed E-state index contributed by atoms with van der Waals surface area (Å²) in [5.41, 5.74) is 3.63. The Morgan fingerprint density at radius 3 is 2.47 bits per heavy atom. The van der Waals surface area contributed by atoms with Gasteiger partial charge in [0.05, 0.1) is 0 Å². The van der Waals surface area contributed by atoms with Crippen molar-refractivity contribution < 1.29 is 0 Å². The highest BCUT2D eigenvalue weighted by Gasteiger charge is 2.08. The molecule has 1 aromatic rings. The van der Waals surface area contributed by atoms with Gasteiger partial charge in [-0.15, -0.1) is 0 Å². The van der Waals surface area contributed by atoms with E-state index in [2.05, 4.69) is 41.4 Å². The summed E-state index contributed by atoms with van der Waals surface area (Å²) in [5.74, 6) is 0.652. The Morgan fingerprint density at radius 1 is 1.40 bits per heavy atom. The molecule has 1 heterocycles. The summed E-state index contributed by atoms with van der Waals surface area (Å²) in [6.07, 6.45) is 5.56. The predicted octanol–water partition coefficient (Wildman–Crippen LogP) is 2.38. The molecule has 80 valence electrons. The molecule has 1 aromatic heterocycles. The monoisotopic (exact) mass is 203 g/mol. The van der Waals surface area contributed by atoms with Crippen LogP contribution >= 0.6 is 0 Å². The maximum atomic E-state index is 4.16. The number of nitrogens with one attached hydrogen (secondary N) is 1. The van der Waals surface area contributed by atoms with Crippen LogP contribution in [0.1, 0.15) is 32.5 Å². The van der Waals surface area contributed by atoms with Gasteiger partial charge in [0.1, 0.15) is 5.70 Å². The zero-order valence-corrected chi connectivity index (χ0v) is 9.33. The van der Waals surface area contributed by atoms with Crippen molar-refractivity contribution in [1.29, 1.82) is 0 Å². The number of hydrogen-bond acceptors (Lipinski definition) is 3. The van der Waals surface area contributed by atoms with E-state index in [1.54, 1.807) is 18.5 Å². The van der Waals surface area contributed by atoms with Crippen molar-refractivity contribution in [2.24, 2.45) is 0 Å². The van der Waals surface area contributed by atoms with Gasteiger partial charge in [-0.2, -0.15) is 0 Å². The molecular formula is C12H17N3. The van der Waals surface area contributed by atoms with Gasteiger partial charge >= 0.3 is 0 Å². The maximum Gasteiger partial charge on any atom is 0.183 e. The van der Waals surface area contributed by atoms with Gasteiger partial charge in [-0.25, -0.2) is 9.97 Å². The lowest BCUT2D eigenvalue weighted by Crippen LogP contribution is -2.26. The molecule has 15 heavy (non-hydrogen) atoms. The van der Waals surface area contributed by atoms with Crippen molar-refractivity contribution in [3.05, 3.63) is 36.6 Å². The van der Waals surface area contributed by atoms with Gasteiger partial charge in [-0.3, -0.25) is 0 Å². The van der Waals surface area contributed by atoms with Crippen LogP contribution in [0.2, 0.25) is 0 Å². The van der Waals surface area contributed by atoms with Crippen molar-refractivity contribution in [2.75, 3.05) is 0 Å². The Bertz CT molecular complexity index is 335. The van der Waals surface area contributed by atoms with Crippen LogP contribution in [0, 0.1) is 0 Å². The molecule has 0 saturated carbocycles. The minimum Gasteiger partial charge on any atom is -0.373 e. The summed E-state index contributed by atoms with van der Waals surface area (Å²) in [7, 11) is 0. The fourth-order valence-electron chi connectivity index (χ4n) is 1.32. The van der Waals surface area contributed by atoms with Gasteiger partial charge in [-0.05, 0) is 18.9 Å². The van der Waals surface area contributed by atoms with E-state index in [9.17, 15) is 0 Å². The van der Waals surface area contributed by atoms with Crippen LogP contribution in [0.5, 0.6) is 0 Å². The fourth-order valence-corrected chi connectivity index (χ4v) is 1.32. The van der Waals surface area contributed by atoms with Crippen LogP contribution in [0.4, 0.5) is 0 Å². The largest absolute Gasteiger partial charge is 0.373 e. The average molecular weight is 203 g/mol. The molecule has 0 unspecified atom stereocenters. The molecule has 0 aliphatic rings. The molecule has 0 atom stereocenters. The normalized spacial score (nSPS) is 9.80. The zero-order valence-electron chi connectivity index (χ0n) is 9.33. The van der Waals surface area contributed by atoms with Crippen LogP contribution in [0.3, 0.4) is 0 Å². The highest BCUT2D eigenvalue weighted by atomic mass is 15.0. The van der Waals surface area contributed by atoms with E-state index in [0.717, 1.165) is 18.5 Å². The molecule has 0 bridgehead atoms. The van der Waals surface area contributed by atoms with Gasteiger partial charge in [0.2, 0.25) is 0 Å². The van der Waals surface area contributed by atoms with Crippen molar-refractivity contribution in [1.82, 2.24) is 15.3 Å². The molecular weight excluding hydrogens is 186 g/mol. The first kappa shape index (κ1) is 11.5. The van der Waals surface area contributed by atoms with Crippen LogP contribution in [0.15, 0.2) is 30.8 Å². The third-order valence-corrected chi connectivity index (χ3v) is 2.30. The van der Waals surface area contributed by atoms with E-state index >= 15 is 0 Å². The molecule has 3 nitrogen and oxygen atoms in total. The molecule has 0 amide bonds. The second kappa shape index (κ2) is 5.99. The summed E-state index contributed by atoms with van der Waals surface area (Å²) in [6, 6.07) is 2.22. The molecule has 3 heteroatoms. The van der Waals surface area contributed by atoms with E-state index < -0.39 is 0 Å². The number of hydrogen-bond donors (Lipinski definition) is 1. The zero-order chi connectivity index (χ0) is 11.1. The third-order valence-electron chi connectivity index (χ3n) is 2.30. The number of nitrogens with zero attached hydrogens (tertiary/aromatic N) is 2. The molecule has 0 fully saturated rings. The van der Waals surface area contributed by atoms with Crippen LogP contribution in [-0.2, 0) is 0 Å². The molecule has 1 N–H and O–H groups in total. The van der Waals surface area contributed by atoms with E-state index in [4.69, 9.17) is 0 Å². The lowest BCUT2D eigenvalue weighted by molar-refractivity contribution is 0.559. The first-order valence-corrected chi connectivity index (χ1v) is 5.25. The second-order valence-corrected chi connectivity index (χ2v) is 3.28. The smallest absolute Gasteiger partial charge is 0.183 e. The highest BCUT2D eigenvalue weighted by Crippen LogP contribution is 2.06. The van der Waals surface area contributed by atoms with Crippen molar-refractivity contribution >= 4 is 5.70 Å². The van der Waals surface area contributed by atoms with Crippen LogP contribution < -0.4 is 5.32 Å². The van der Waals surface area contributed by atoms with Crippen molar-refractivity contribution in [3.8, 4) is 0 Å². The standard InChI is InChI=1S/C12H17N3/c1-4-10(5-2)15-11(6-3)12-13-8-7-9-14-12/h7-10,15H,3-5H2,1-2H3. The van der Waals surface area contributed by atoms with E-state index in [1.807, 2.05) is 0 Å². The molecule has 1 rings (SSSR count). The Kier molecular flexibility index (Phi) is 4.58. The number of aromatic nitrogens is 2. The van der Waals surface area contributed by atoms with Gasteiger partial charge in [0, 0.05) is 18.4 Å². The summed E-state index contributed by atoms with van der Waals surface area (Å²) in [5, 5.41) is 3.34. The van der Waals surface area contributed by atoms with E-state index in [0.29, 0.717) is 11.9 Å². The molecule has 0 radical (unpaired) electrons. The molecule has 0 spiro atoms. The predicted molar refractivity (Wildman–Crippen MR) is 62.1 cm³/mol. The summed E-state index contributed by atoms with van der Waals surface area (Å²) in [6.45, 7) is 7.95. The molecule has 0 saturated heterocycles. The minimum absolute atomic E-state index is 0.429. The SMILES string of the molecule is C=C=C(NC(CC)CC)c1ncccn1. The van der Waals surface area contributed by atoms with Crippen molar-refractivity contribution in [2.45, 2.75) is 32.7 Å². The lowest BCUT2D eigenvalue weighted by atomic mass is 10.1. The first-order chi connectivity index (χ1) is 7.31. The van der Waals surface area contributed by atoms with Gasteiger partial charge in [0.25, 0.3) is 0 Å². The maximum absolute atomic E-state index is 4.16.